The number of benzene rings is 3. The molecule has 48 heavy (non-hydrogen) atoms. The van der Waals surface area contributed by atoms with Crippen LogP contribution in [0.1, 0.15) is 75.0 Å². The third-order valence-electron chi connectivity index (χ3n) is 9.26. The summed E-state index contributed by atoms with van der Waals surface area (Å²) in [5.41, 5.74) is 3.08. The van der Waals surface area contributed by atoms with Crippen molar-refractivity contribution >= 4 is 11.9 Å². The first kappa shape index (κ1) is 35.7. The van der Waals surface area contributed by atoms with Crippen LogP contribution in [0.5, 0.6) is 0 Å². The Hall–Kier alpha value is -3.56. The van der Waals surface area contributed by atoms with Gasteiger partial charge in [-0.05, 0) is 29.5 Å². The first-order chi connectivity index (χ1) is 23.5. The molecule has 8 nitrogen and oxygen atoms in total. The zero-order chi connectivity index (χ0) is 33.6. The fourth-order valence-corrected chi connectivity index (χ4v) is 6.69. The molecule has 1 unspecified atom stereocenters. The summed E-state index contributed by atoms with van der Waals surface area (Å²) in [5, 5.41) is 10.4. The van der Waals surface area contributed by atoms with Crippen LogP contribution in [0, 0.1) is 0 Å². The van der Waals surface area contributed by atoms with E-state index in [9.17, 15) is 14.7 Å². The van der Waals surface area contributed by atoms with Crippen molar-refractivity contribution in [1.29, 1.82) is 0 Å². The SMILES string of the molecule is CCCCCCCC(=O)N(Cc1ccccc1)CC1C[C@H]2O[C@H](CO)[C@@H](OC(=O)CCc3ccccc3)[C@H](OCc3ccccc3)[C@H]2O1. The smallest absolute Gasteiger partial charge is 0.306 e. The lowest BCUT2D eigenvalue weighted by Crippen LogP contribution is -2.59. The zero-order valence-electron chi connectivity index (χ0n) is 28.2. The predicted octanol–water partition coefficient (Wildman–Crippen LogP) is 6.42. The highest BCUT2D eigenvalue weighted by Gasteiger charge is 2.53. The minimum absolute atomic E-state index is 0.116. The Kier molecular flexibility index (Phi) is 14.0. The summed E-state index contributed by atoms with van der Waals surface area (Å²) in [7, 11) is 0. The number of fused-ring (bicyclic) bond motifs is 1. The Bertz CT molecular complexity index is 1370. The molecule has 2 aliphatic heterocycles. The topological polar surface area (TPSA) is 94.5 Å². The summed E-state index contributed by atoms with van der Waals surface area (Å²) < 4.78 is 25.6. The number of carbonyl (C=O) groups is 2. The number of ether oxygens (including phenoxy) is 4. The van der Waals surface area contributed by atoms with Gasteiger partial charge in [-0.25, -0.2) is 0 Å². The van der Waals surface area contributed by atoms with Crippen LogP contribution < -0.4 is 0 Å². The maximum atomic E-state index is 13.6. The van der Waals surface area contributed by atoms with Crippen LogP contribution in [0.25, 0.3) is 0 Å². The lowest BCUT2D eigenvalue weighted by molar-refractivity contribution is -0.243. The second-order valence-electron chi connectivity index (χ2n) is 13.0. The molecule has 0 aliphatic carbocycles. The Balaban J connectivity index is 1.29. The summed E-state index contributed by atoms with van der Waals surface area (Å²) in [4.78, 5) is 28.6. The third kappa shape index (κ3) is 10.5. The van der Waals surface area contributed by atoms with Gasteiger partial charge >= 0.3 is 5.97 Å². The van der Waals surface area contributed by atoms with Crippen LogP contribution >= 0.6 is 0 Å². The Morgan fingerprint density at radius 3 is 2.10 bits per heavy atom. The molecule has 2 saturated heterocycles. The van der Waals surface area contributed by atoms with E-state index in [1.807, 2.05) is 95.9 Å². The number of aliphatic hydroxyl groups is 1. The normalized spacial score (nSPS) is 23.4. The highest BCUT2D eigenvalue weighted by Crippen LogP contribution is 2.37. The minimum atomic E-state index is -0.854. The van der Waals surface area contributed by atoms with Gasteiger partial charge in [0.15, 0.2) is 6.10 Å². The van der Waals surface area contributed by atoms with Crippen LogP contribution in [0.3, 0.4) is 0 Å². The van der Waals surface area contributed by atoms with E-state index in [0.29, 0.717) is 32.4 Å². The predicted molar refractivity (Wildman–Crippen MR) is 184 cm³/mol. The Labute approximate surface area is 285 Å². The second-order valence-corrected chi connectivity index (χ2v) is 13.0. The Morgan fingerprint density at radius 2 is 1.44 bits per heavy atom. The summed E-state index contributed by atoms with van der Waals surface area (Å²) >= 11 is 0. The molecule has 2 aliphatic rings. The van der Waals surface area contributed by atoms with E-state index in [4.69, 9.17) is 18.9 Å². The molecule has 0 aromatic heterocycles. The number of aryl methyl sites for hydroxylation is 1. The number of hydrogen-bond acceptors (Lipinski definition) is 7. The number of esters is 1. The minimum Gasteiger partial charge on any atom is -0.457 e. The van der Waals surface area contributed by atoms with E-state index in [2.05, 4.69) is 6.92 Å². The number of hydrogen-bond donors (Lipinski definition) is 1. The van der Waals surface area contributed by atoms with Crippen molar-refractivity contribution in [2.75, 3.05) is 13.2 Å². The monoisotopic (exact) mass is 657 g/mol. The molecule has 6 atom stereocenters. The Morgan fingerprint density at radius 1 is 0.792 bits per heavy atom. The van der Waals surface area contributed by atoms with Crippen molar-refractivity contribution in [2.45, 2.75) is 114 Å². The molecule has 2 heterocycles. The van der Waals surface area contributed by atoms with E-state index in [-0.39, 0.29) is 43.7 Å². The van der Waals surface area contributed by atoms with Crippen LogP contribution in [0.2, 0.25) is 0 Å². The van der Waals surface area contributed by atoms with Gasteiger partial charge in [0, 0.05) is 32.4 Å². The van der Waals surface area contributed by atoms with Crippen molar-refractivity contribution in [3.8, 4) is 0 Å². The lowest BCUT2D eigenvalue weighted by Gasteiger charge is -2.42. The van der Waals surface area contributed by atoms with Gasteiger partial charge in [0.25, 0.3) is 0 Å². The number of aliphatic hydroxyl groups excluding tert-OH is 1. The van der Waals surface area contributed by atoms with E-state index in [0.717, 1.165) is 36.0 Å². The molecule has 0 bridgehead atoms. The van der Waals surface area contributed by atoms with Crippen molar-refractivity contribution < 1.29 is 33.6 Å². The number of amides is 1. The van der Waals surface area contributed by atoms with Gasteiger partial charge in [-0.2, -0.15) is 0 Å². The molecule has 3 aromatic carbocycles. The molecular weight excluding hydrogens is 606 g/mol. The van der Waals surface area contributed by atoms with Gasteiger partial charge in [0.05, 0.1) is 25.4 Å². The molecule has 2 fully saturated rings. The summed E-state index contributed by atoms with van der Waals surface area (Å²) in [5.74, 6) is -0.268. The van der Waals surface area contributed by atoms with Gasteiger partial charge in [0.1, 0.15) is 18.3 Å². The maximum Gasteiger partial charge on any atom is 0.306 e. The molecule has 0 spiro atoms. The number of carbonyl (C=O) groups excluding carboxylic acids is 2. The van der Waals surface area contributed by atoms with Gasteiger partial charge in [-0.15, -0.1) is 0 Å². The first-order valence-electron chi connectivity index (χ1n) is 17.7. The maximum absolute atomic E-state index is 13.6. The number of nitrogens with zero attached hydrogens (tertiary/aromatic N) is 1. The number of rotatable bonds is 18. The largest absolute Gasteiger partial charge is 0.457 e. The molecule has 258 valence electrons. The zero-order valence-corrected chi connectivity index (χ0v) is 28.2. The highest BCUT2D eigenvalue weighted by atomic mass is 16.6. The fraction of sp³-hybridized carbons (Fsp3) is 0.500. The van der Waals surface area contributed by atoms with Gasteiger partial charge in [-0.3, -0.25) is 9.59 Å². The molecule has 1 N–H and O–H groups in total. The third-order valence-corrected chi connectivity index (χ3v) is 9.26. The molecule has 0 radical (unpaired) electrons. The van der Waals surface area contributed by atoms with Gasteiger partial charge < -0.3 is 29.0 Å². The fourth-order valence-electron chi connectivity index (χ4n) is 6.69. The lowest BCUT2D eigenvalue weighted by atomic mass is 9.94. The summed E-state index contributed by atoms with van der Waals surface area (Å²) in [6.07, 6.45) is 3.69. The average molecular weight is 658 g/mol. The first-order valence-corrected chi connectivity index (χ1v) is 17.7. The van der Waals surface area contributed by atoms with E-state index < -0.39 is 24.4 Å². The van der Waals surface area contributed by atoms with Crippen LogP contribution in [0.4, 0.5) is 0 Å². The van der Waals surface area contributed by atoms with Gasteiger partial charge in [0.2, 0.25) is 5.91 Å². The molecule has 3 aromatic rings. The van der Waals surface area contributed by atoms with Crippen LogP contribution in [-0.2, 0) is 48.1 Å². The molecular formula is C40H51NO7. The standard InChI is InChI=1S/C40H51NO7/c1-2-3-4-5-15-22-36(43)41(26-31-18-11-7-12-19-31)27-33-25-34-38(46-33)40(45-29-32-20-13-8-14-21-32)39(35(28-42)47-34)48-37(44)24-23-30-16-9-6-10-17-30/h6-14,16-21,33-35,38-40,42H,2-5,15,22-29H2,1H3/t33?,34-,35-,38+,39-,40-/m1/s1. The summed E-state index contributed by atoms with van der Waals surface area (Å²) in [6, 6.07) is 29.6. The van der Waals surface area contributed by atoms with Crippen molar-refractivity contribution in [1.82, 2.24) is 4.90 Å². The highest BCUT2D eigenvalue weighted by molar-refractivity contribution is 5.76. The molecule has 8 heteroatoms. The molecule has 1 amide bonds. The average Bonchev–Trinajstić information content (AvgIpc) is 3.53. The van der Waals surface area contributed by atoms with Crippen molar-refractivity contribution in [3.05, 3.63) is 108 Å². The van der Waals surface area contributed by atoms with Crippen molar-refractivity contribution in [3.63, 3.8) is 0 Å². The van der Waals surface area contributed by atoms with E-state index in [1.165, 1.54) is 12.8 Å². The second kappa shape index (κ2) is 18.8. The molecule has 5 rings (SSSR count). The number of unbranched alkanes of at least 4 members (excludes halogenated alkanes) is 4. The van der Waals surface area contributed by atoms with Gasteiger partial charge in [-0.1, -0.05) is 124 Å². The van der Waals surface area contributed by atoms with Crippen LogP contribution in [0.15, 0.2) is 91.0 Å². The van der Waals surface area contributed by atoms with E-state index in [1.54, 1.807) is 0 Å². The summed E-state index contributed by atoms with van der Waals surface area (Å²) in [6.45, 7) is 3.06. The van der Waals surface area contributed by atoms with Crippen LogP contribution in [-0.4, -0.2) is 71.7 Å². The van der Waals surface area contributed by atoms with E-state index >= 15 is 0 Å². The molecule has 0 saturated carbocycles. The quantitative estimate of drug-likeness (QED) is 0.125. The van der Waals surface area contributed by atoms with Crippen molar-refractivity contribution in [2.24, 2.45) is 0 Å².